The number of esters is 1. The summed E-state index contributed by atoms with van der Waals surface area (Å²) in [4.78, 5) is 186. The second kappa shape index (κ2) is 39.5. The number of hydrogen-bond acceptors (Lipinski definition) is 20. The lowest BCUT2D eigenvalue weighted by molar-refractivity contribution is -0.168. The zero-order chi connectivity index (χ0) is 74.2. The number of likely N-dealkylation sites (N-methyl/N-ethyl adjacent to an activating group) is 1. The van der Waals surface area contributed by atoms with Crippen LogP contribution in [0.2, 0.25) is 0 Å². The third-order valence-electron chi connectivity index (χ3n) is 17.1. The number of cyclic esters (lactones) is 1. The summed E-state index contributed by atoms with van der Waals surface area (Å²) >= 11 is 0. The lowest BCUT2D eigenvalue weighted by atomic mass is 9.87. The Balaban J connectivity index is 2.16. The summed E-state index contributed by atoms with van der Waals surface area (Å²) in [5.41, 5.74) is 6.26. The van der Waals surface area contributed by atoms with Gasteiger partial charge in [-0.2, -0.15) is 0 Å². The number of nitrogens with zero attached hydrogens (tertiary/aromatic N) is 2. The van der Waals surface area contributed by atoms with E-state index in [9.17, 15) is 63.6 Å². The fourth-order valence-electron chi connectivity index (χ4n) is 10.8. The van der Waals surface area contributed by atoms with Crippen molar-refractivity contribution in [2.24, 2.45) is 35.3 Å². The molecule has 98 heavy (non-hydrogen) atoms. The molecule has 1 aromatic rings. The van der Waals surface area contributed by atoms with Crippen LogP contribution in [0.5, 0.6) is 5.75 Å². The lowest BCUT2D eigenvalue weighted by Crippen LogP contribution is -2.64. The molecule has 0 saturated carbocycles. The molecular formula is C66H102N12O20. The molecule has 4 unspecified atom stereocenters. The summed E-state index contributed by atoms with van der Waals surface area (Å²) in [6.45, 7) is 15.6. The van der Waals surface area contributed by atoms with Crippen molar-refractivity contribution in [1.82, 2.24) is 57.7 Å². The number of carbonyl (C=O) groups excluding carboxylic acids is 13. The number of aromatic hydroxyl groups is 1. The molecule has 12 amide bonds. The average Bonchev–Trinajstić information content (AvgIpc) is 0.802. The fourth-order valence-corrected chi connectivity index (χ4v) is 10.8. The minimum absolute atomic E-state index is 0.0765. The van der Waals surface area contributed by atoms with E-state index in [0.29, 0.717) is 12.8 Å². The van der Waals surface area contributed by atoms with Crippen molar-refractivity contribution in [1.29, 1.82) is 0 Å². The van der Waals surface area contributed by atoms with E-state index >= 15 is 19.2 Å². The van der Waals surface area contributed by atoms with Gasteiger partial charge in [0.25, 0.3) is 5.91 Å². The van der Waals surface area contributed by atoms with Crippen molar-refractivity contribution in [3.8, 4) is 5.75 Å². The molecule has 0 aliphatic carbocycles. The first-order valence-corrected chi connectivity index (χ1v) is 32.6. The number of nitrogens with two attached hydrogens (primary N) is 1. The number of ether oxygens (including phenoxy) is 3. The number of nitrogens with one attached hydrogen (secondary N) is 9. The van der Waals surface area contributed by atoms with Gasteiger partial charge < -0.3 is 98.0 Å². The molecule has 2 saturated heterocycles. The Kier molecular flexibility index (Phi) is 33.6. The van der Waals surface area contributed by atoms with Gasteiger partial charge in [-0.15, -0.1) is 0 Å². The predicted molar refractivity (Wildman–Crippen MR) is 354 cm³/mol. The molecule has 0 spiro atoms. The fraction of sp³-hybridized carbons (Fsp3) is 0.621. The summed E-state index contributed by atoms with van der Waals surface area (Å²) in [6, 6.07) is -8.52. The second-order valence-corrected chi connectivity index (χ2v) is 25.2. The van der Waals surface area contributed by atoms with Gasteiger partial charge >= 0.3 is 5.97 Å². The van der Waals surface area contributed by atoms with Crippen molar-refractivity contribution in [2.45, 2.75) is 188 Å². The highest BCUT2D eigenvalue weighted by molar-refractivity contribution is 6.03. The maximum absolute atomic E-state index is 15.3. The SMILES string of the molecule is C/C=C(/NC(=O)[C@@H](NC(=O)CNC(=O)C(C)C(O)/C=C\C(C)=C\C(C)CC)[C@@H](C)O)C(=O)N[C@H](C(=O)N[C@@H]1C(=O)N[C@H](COC)C(=O)NCC(=O)N[C@@H](C)C(=O)N(C)[C@@H]([C@@H](C)O)C(=O)N[C@@H](C(OC)c2ccc(O)cc2)C(=O)N2CCCC[C@H]2C(=O)O[C@@H]1C(C)C)[C@@H](C)[C@@H](C)C(N)=O. The molecular weight excluding hydrogens is 1280 g/mol. The largest absolute Gasteiger partial charge is 0.508 e. The first-order valence-electron chi connectivity index (χ1n) is 32.6. The van der Waals surface area contributed by atoms with Crippen LogP contribution >= 0.6 is 0 Å². The number of fused-ring (bicyclic) bond motifs is 1. The quantitative estimate of drug-likeness (QED) is 0.0265. The summed E-state index contributed by atoms with van der Waals surface area (Å²) in [6.07, 6.45) is -0.0199. The number of piperidine rings is 1. The standard InChI is InChI=1S/C66H102N12O20/c1-16-33(5)28-34(6)21-26-46(82)37(9)57(86)68-30-48(84)73-50(39(11)79)61(90)71-43(17-2)59(88)74-49(35(7)36(8)56(67)85)60(89)75-51-54(32(3)4)98-66(95)45-20-18-19-27-78(45)65(94)52(55(97-15)41-22-24-42(81)25-23-41)76-63(92)53(40(12)80)77(13)64(93)38(10)70-47(83)29-69-58(87)44(31-96-14)72-62(51)91/h17,21-26,28,32-33,35-40,44-46,49-55,79-82H,16,18-20,27,29-31H2,1-15H3,(H2,67,85)(H,68,86)(H,69,87)(H,70,83)(H,71,90)(H,72,91)(H,73,84)(H,74,88)(H,75,89)(H,76,92)/b26-21-,34-28+,43-17+/t33?,35-,36+,37?,38-,39+,40+,44+,45-,46?,49-,50-,51-,52-,53-,54+,55?/m0/s1. The van der Waals surface area contributed by atoms with E-state index in [4.69, 9.17) is 19.9 Å². The summed E-state index contributed by atoms with van der Waals surface area (Å²) in [5, 5.41) is 64.4. The van der Waals surface area contributed by atoms with Gasteiger partial charge in [0.05, 0.1) is 43.9 Å². The first kappa shape index (κ1) is 83.4. The van der Waals surface area contributed by atoms with Crippen molar-refractivity contribution < 1.29 is 97.0 Å². The highest BCUT2D eigenvalue weighted by Crippen LogP contribution is 2.29. The summed E-state index contributed by atoms with van der Waals surface area (Å²) in [5.74, 6) is -18.1. The Bertz CT molecular complexity index is 3080. The van der Waals surface area contributed by atoms with Crippen molar-refractivity contribution in [2.75, 3.05) is 47.5 Å². The van der Waals surface area contributed by atoms with Crippen LogP contribution < -0.4 is 53.6 Å². The Morgan fingerprint density at radius 1 is 0.816 bits per heavy atom. The molecule has 2 aliphatic heterocycles. The molecule has 0 aromatic heterocycles. The highest BCUT2D eigenvalue weighted by Gasteiger charge is 2.47. The molecule has 17 atom stereocenters. The van der Waals surface area contributed by atoms with E-state index in [2.05, 4.69) is 47.9 Å². The minimum atomic E-state index is -2.08. The number of benzene rings is 1. The third kappa shape index (κ3) is 24.0. The Hall–Kier alpha value is -8.85. The number of aliphatic hydroxyl groups is 3. The van der Waals surface area contributed by atoms with Crippen LogP contribution in [-0.4, -0.2) is 227 Å². The van der Waals surface area contributed by atoms with E-state index in [1.807, 2.05) is 26.8 Å². The molecule has 15 N–H and O–H groups in total. The van der Waals surface area contributed by atoms with Gasteiger partial charge in [-0.25, -0.2) is 4.79 Å². The number of phenols is 1. The van der Waals surface area contributed by atoms with Crippen LogP contribution in [0.4, 0.5) is 0 Å². The zero-order valence-corrected chi connectivity index (χ0v) is 58.5. The summed E-state index contributed by atoms with van der Waals surface area (Å²) < 4.78 is 17.3. The number of primary amides is 1. The number of phenolic OH excluding ortho intramolecular Hbond substituents is 1. The van der Waals surface area contributed by atoms with Crippen LogP contribution in [0.3, 0.4) is 0 Å². The number of allylic oxidation sites excluding steroid dienone is 4. The number of amides is 12. The third-order valence-corrected chi connectivity index (χ3v) is 17.1. The molecule has 32 nitrogen and oxygen atoms in total. The average molecular weight is 1380 g/mol. The van der Waals surface area contributed by atoms with Gasteiger partial charge in [0.2, 0.25) is 65.0 Å². The lowest BCUT2D eigenvalue weighted by Gasteiger charge is -2.40. The minimum Gasteiger partial charge on any atom is -0.508 e. The topological polar surface area (TPSA) is 471 Å². The summed E-state index contributed by atoms with van der Waals surface area (Å²) in [7, 11) is 3.56. The molecule has 2 heterocycles. The van der Waals surface area contributed by atoms with Gasteiger partial charge in [-0.1, -0.05) is 96.9 Å². The van der Waals surface area contributed by atoms with E-state index in [1.54, 1.807) is 6.08 Å². The van der Waals surface area contributed by atoms with Crippen LogP contribution in [0, 0.1) is 29.6 Å². The van der Waals surface area contributed by atoms with Gasteiger partial charge in [0.15, 0.2) is 0 Å². The monoisotopic (exact) mass is 1380 g/mol. The number of methoxy groups -OCH3 is 2. The number of aliphatic hydroxyl groups excluding tert-OH is 3. The molecule has 2 fully saturated rings. The maximum atomic E-state index is 15.3. The van der Waals surface area contributed by atoms with Crippen molar-refractivity contribution in [3.63, 3.8) is 0 Å². The Morgan fingerprint density at radius 2 is 1.46 bits per heavy atom. The molecule has 0 radical (unpaired) electrons. The van der Waals surface area contributed by atoms with E-state index in [-0.39, 0.29) is 30.2 Å². The molecule has 0 bridgehead atoms. The first-order chi connectivity index (χ1) is 46.0. The van der Waals surface area contributed by atoms with Crippen LogP contribution in [0.15, 0.2) is 59.8 Å². The van der Waals surface area contributed by atoms with Gasteiger partial charge in [-0.3, -0.25) is 57.5 Å². The van der Waals surface area contributed by atoms with E-state index in [0.717, 1.165) is 34.8 Å². The van der Waals surface area contributed by atoms with Crippen molar-refractivity contribution >= 4 is 76.9 Å². The molecule has 2 aliphatic rings. The molecule has 32 heteroatoms. The maximum Gasteiger partial charge on any atom is 0.329 e. The number of carbonyl (C=O) groups is 13. The zero-order valence-electron chi connectivity index (χ0n) is 58.5. The van der Waals surface area contributed by atoms with Crippen molar-refractivity contribution in [3.05, 3.63) is 65.4 Å². The Morgan fingerprint density at radius 3 is 2.02 bits per heavy atom. The molecule has 3 rings (SSSR count). The number of hydrogen-bond donors (Lipinski definition) is 14. The van der Waals surface area contributed by atoms with E-state index < -0.39 is 205 Å². The van der Waals surface area contributed by atoms with Crippen LogP contribution in [0.1, 0.15) is 120 Å². The predicted octanol–water partition coefficient (Wildman–Crippen LogP) is -2.24. The second-order valence-electron chi connectivity index (χ2n) is 25.2. The molecule has 546 valence electrons. The number of rotatable bonds is 26. The van der Waals surface area contributed by atoms with Gasteiger partial charge in [0, 0.05) is 33.7 Å². The Labute approximate surface area is 571 Å². The smallest absolute Gasteiger partial charge is 0.329 e. The highest BCUT2D eigenvalue weighted by atomic mass is 16.5. The van der Waals surface area contributed by atoms with Crippen LogP contribution in [-0.2, 0) is 76.5 Å². The normalized spacial score (nSPS) is 23.9. The molecule has 1 aromatic carbocycles. The van der Waals surface area contributed by atoms with Gasteiger partial charge in [0.1, 0.15) is 72.0 Å². The van der Waals surface area contributed by atoms with E-state index in [1.165, 1.54) is 107 Å². The van der Waals surface area contributed by atoms with Gasteiger partial charge in [-0.05, 0) is 89.3 Å². The van der Waals surface area contributed by atoms with Crippen LogP contribution in [0.25, 0.3) is 0 Å².